The average molecular weight is 189 g/mol. The van der Waals surface area contributed by atoms with Crippen LogP contribution in [0.15, 0.2) is 0 Å². The van der Waals surface area contributed by atoms with Crippen molar-refractivity contribution in [1.29, 1.82) is 0 Å². The van der Waals surface area contributed by atoms with Gasteiger partial charge in [-0.25, -0.2) is 0 Å². The predicted octanol–water partition coefficient (Wildman–Crippen LogP) is 2.47. The third-order valence-electron chi connectivity index (χ3n) is 0.876. The minimum Gasteiger partial charge on any atom is -0.465 e. The summed E-state index contributed by atoms with van der Waals surface area (Å²) in [4.78, 5) is 0. The summed E-state index contributed by atoms with van der Waals surface area (Å²) >= 11 is 5.02. The van der Waals surface area contributed by atoms with Crippen molar-refractivity contribution < 1.29 is 4.74 Å². The minimum atomic E-state index is -0.213. The van der Waals surface area contributed by atoms with Gasteiger partial charge in [0.2, 0.25) is 0 Å². The maximum atomic E-state index is 5.43. The van der Waals surface area contributed by atoms with Gasteiger partial charge in [0.15, 0.2) is 0 Å². The fourth-order valence-corrected chi connectivity index (χ4v) is 1.17. The summed E-state index contributed by atoms with van der Waals surface area (Å²) < 4.78 is 5.43. The molecule has 0 aromatic heterocycles. The molecule has 0 aromatic rings. The molecule has 0 aliphatic heterocycles. The molecular weight excluding hydrogens is 170 g/mol. The fraction of sp³-hybridized carbons (Fsp3) is 0.889. The zero-order valence-corrected chi connectivity index (χ0v) is 9.63. The van der Waals surface area contributed by atoms with Crippen molar-refractivity contribution in [2.24, 2.45) is 0 Å². The van der Waals surface area contributed by atoms with E-state index in [0.29, 0.717) is 5.17 Å². The first-order valence-electron chi connectivity index (χ1n) is 4.11. The normalized spacial score (nSPS) is 12.5. The Hall–Kier alpha value is -0.310. The van der Waals surface area contributed by atoms with E-state index in [2.05, 4.69) is 5.32 Å². The van der Waals surface area contributed by atoms with Gasteiger partial charge < -0.3 is 10.1 Å². The zero-order chi connectivity index (χ0) is 9.99. The van der Waals surface area contributed by atoms with E-state index in [-0.39, 0.29) is 11.1 Å². The Morgan fingerprint density at radius 3 is 1.75 bits per heavy atom. The van der Waals surface area contributed by atoms with Crippen LogP contribution in [0.25, 0.3) is 0 Å². The second kappa shape index (κ2) is 3.60. The zero-order valence-electron chi connectivity index (χ0n) is 8.82. The quantitative estimate of drug-likeness (QED) is 0.592. The lowest BCUT2D eigenvalue weighted by Gasteiger charge is -2.27. The van der Waals surface area contributed by atoms with Crippen LogP contribution in [0, 0.1) is 0 Å². The Morgan fingerprint density at radius 2 is 1.50 bits per heavy atom. The number of rotatable bonds is 0. The van der Waals surface area contributed by atoms with Crippen molar-refractivity contribution in [1.82, 2.24) is 5.32 Å². The van der Waals surface area contributed by atoms with E-state index < -0.39 is 0 Å². The van der Waals surface area contributed by atoms with Crippen LogP contribution < -0.4 is 5.32 Å². The first kappa shape index (κ1) is 11.7. The SMILES string of the molecule is CC(C)(C)NC(=S)OC(C)(C)C. The second-order valence-corrected chi connectivity index (χ2v) is 5.25. The van der Waals surface area contributed by atoms with Gasteiger partial charge in [0.05, 0.1) is 0 Å². The third-order valence-corrected chi connectivity index (χ3v) is 1.06. The van der Waals surface area contributed by atoms with Gasteiger partial charge in [-0.2, -0.15) is 0 Å². The smallest absolute Gasteiger partial charge is 0.257 e. The molecule has 72 valence electrons. The Bertz CT molecular complexity index is 146. The molecule has 2 nitrogen and oxygen atoms in total. The maximum Gasteiger partial charge on any atom is 0.257 e. The van der Waals surface area contributed by atoms with Gasteiger partial charge in [-0.15, -0.1) is 0 Å². The summed E-state index contributed by atoms with van der Waals surface area (Å²) in [5, 5.41) is 3.55. The monoisotopic (exact) mass is 189 g/mol. The summed E-state index contributed by atoms with van der Waals surface area (Å²) in [6, 6.07) is 0. The van der Waals surface area contributed by atoms with E-state index in [1.807, 2.05) is 41.5 Å². The molecule has 0 radical (unpaired) electrons. The molecule has 0 aromatic carbocycles. The molecule has 0 saturated heterocycles. The molecule has 0 fully saturated rings. The van der Waals surface area contributed by atoms with Crippen LogP contribution in [0.1, 0.15) is 41.5 Å². The van der Waals surface area contributed by atoms with Crippen LogP contribution in [-0.4, -0.2) is 16.3 Å². The highest BCUT2D eigenvalue weighted by Crippen LogP contribution is 2.08. The molecule has 0 bridgehead atoms. The minimum absolute atomic E-state index is 0.0255. The summed E-state index contributed by atoms with van der Waals surface area (Å²) in [5.41, 5.74) is -0.238. The molecule has 3 heteroatoms. The highest BCUT2D eigenvalue weighted by molar-refractivity contribution is 7.80. The van der Waals surface area contributed by atoms with Crippen molar-refractivity contribution in [3.05, 3.63) is 0 Å². The van der Waals surface area contributed by atoms with E-state index in [1.165, 1.54) is 0 Å². The van der Waals surface area contributed by atoms with Gasteiger partial charge in [0.25, 0.3) is 5.17 Å². The number of nitrogens with one attached hydrogen (secondary N) is 1. The lowest BCUT2D eigenvalue weighted by atomic mass is 10.1. The molecule has 0 amide bonds. The molecule has 0 spiro atoms. The van der Waals surface area contributed by atoms with Crippen LogP contribution in [0.2, 0.25) is 0 Å². The van der Waals surface area contributed by atoms with Crippen LogP contribution in [0.5, 0.6) is 0 Å². The largest absolute Gasteiger partial charge is 0.465 e. The van der Waals surface area contributed by atoms with Crippen molar-refractivity contribution in [2.45, 2.75) is 52.7 Å². The predicted molar refractivity (Wildman–Crippen MR) is 56.3 cm³/mol. The van der Waals surface area contributed by atoms with E-state index in [4.69, 9.17) is 17.0 Å². The van der Waals surface area contributed by atoms with Gasteiger partial charge in [-0.3, -0.25) is 0 Å². The van der Waals surface area contributed by atoms with E-state index >= 15 is 0 Å². The second-order valence-electron chi connectivity index (χ2n) is 4.88. The van der Waals surface area contributed by atoms with Crippen LogP contribution >= 0.6 is 12.2 Å². The number of hydrogen-bond donors (Lipinski definition) is 1. The summed E-state index contributed by atoms with van der Waals surface area (Å²) in [6.07, 6.45) is 0. The first-order valence-corrected chi connectivity index (χ1v) is 4.52. The van der Waals surface area contributed by atoms with Crippen molar-refractivity contribution in [3.63, 3.8) is 0 Å². The van der Waals surface area contributed by atoms with Gasteiger partial charge in [0.1, 0.15) is 5.60 Å². The molecule has 0 heterocycles. The molecular formula is C9H19NOS. The lowest BCUT2D eigenvalue weighted by Crippen LogP contribution is -2.43. The Morgan fingerprint density at radius 1 is 1.08 bits per heavy atom. The average Bonchev–Trinajstić information content (AvgIpc) is 1.49. The molecule has 1 N–H and O–H groups in total. The molecule has 0 atom stereocenters. The maximum absolute atomic E-state index is 5.43. The highest BCUT2D eigenvalue weighted by atomic mass is 32.1. The molecule has 0 saturated carbocycles. The van der Waals surface area contributed by atoms with Crippen molar-refractivity contribution in [3.8, 4) is 0 Å². The third kappa shape index (κ3) is 7.79. The van der Waals surface area contributed by atoms with Gasteiger partial charge in [-0.1, -0.05) is 0 Å². The lowest BCUT2D eigenvalue weighted by molar-refractivity contribution is 0.111. The number of hydrogen-bond acceptors (Lipinski definition) is 2. The van der Waals surface area contributed by atoms with Gasteiger partial charge in [-0.05, 0) is 53.8 Å². The molecule has 12 heavy (non-hydrogen) atoms. The molecule has 0 aliphatic rings. The Kier molecular flexibility index (Phi) is 3.51. The summed E-state index contributed by atoms with van der Waals surface area (Å²) in [5.74, 6) is 0. The molecule has 0 aliphatic carbocycles. The summed E-state index contributed by atoms with van der Waals surface area (Å²) in [7, 11) is 0. The van der Waals surface area contributed by atoms with E-state index in [9.17, 15) is 0 Å². The van der Waals surface area contributed by atoms with Gasteiger partial charge in [0, 0.05) is 5.54 Å². The van der Waals surface area contributed by atoms with Crippen LogP contribution in [-0.2, 0) is 4.74 Å². The molecule has 0 rings (SSSR count). The van der Waals surface area contributed by atoms with E-state index in [0.717, 1.165) is 0 Å². The summed E-state index contributed by atoms with van der Waals surface area (Å²) in [6.45, 7) is 12.1. The van der Waals surface area contributed by atoms with Crippen molar-refractivity contribution >= 4 is 17.4 Å². The van der Waals surface area contributed by atoms with Crippen LogP contribution in [0.3, 0.4) is 0 Å². The highest BCUT2D eigenvalue weighted by Gasteiger charge is 2.17. The standard InChI is InChI=1S/C9H19NOS/c1-8(2,3)10-7(12)11-9(4,5)6/h1-6H3,(H,10,12). The molecule has 0 unspecified atom stereocenters. The first-order chi connectivity index (χ1) is 5.10. The topological polar surface area (TPSA) is 21.3 Å². The number of ether oxygens (including phenoxy) is 1. The van der Waals surface area contributed by atoms with Crippen LogP contribution in [0.4, 0.5) is 0 Å². The van der Waals surface area contributed by atoms with E-state index in [1.54, 1.807) is 0 Å². The Balaban J connectivity index is 3.92. The fourth-order valence-electron chi connectivity index (χ4n) is 0.610. The van der Waals surface area contributed by atoms with Gasteiger partial charge >= 0.3 is 0 Å². The van der Waals surface area contributed by atoms with Crippen molar-refractivity contribution in [2.75, 3.05) is 0 Å². The number of thiocarbonyl (C=S) groups is 1. The Labute approximate surface area is 80.7 Å².